The van der Waals surface area contributed by atoms with Gasteiger partial charge in [0.1, 0.15) is 0 Å². The Hall–Kier alpha value is -1.47. The summed E-state index contributed by atoms with van der Waals surface area (Å²) in [5.74, 6) is 0.108. The molecule has 1 heterocycles. The second kappa shape index (κ2) is 10.7. The van der Waals surface area contributed by atoms with E-state index in [1.807, 2.05) is 17.0 Å². The molecule has 3 rings (SSSR count). The minimum Gasteiger partial charge on any atom is -0.309 e. The first kappa shape index (κ1) is 24.8. The number of carbonyl (C=O) groups excluding carboxylic acids is 1. The lowest BCUT2D eigenvalue weighted by atomic mass is 9.97. The van der Waals surface area contributed by atoms with Gasteiger partial charge in [0, 0.05) is 11.0 Å². The summed E-state index contributed by atoms with van der Waals surface area (Å²) in [5.41, 5.74) is 5.65. The van der Waals surface area contributed by atoms with Crippen LogP contribution in [0, 0.1) is 20.8 Å². The van der Waals surface area contributed by atoms with Crippen molar-refractivity contribution in [2.24, 2.45) is 0 Å². The number of aryl methyl sites for hydroxylation is 3. The maximum atomic E-state index is 13.4. The van der Waals surface area contributed by atoms with Gasteiger partial charge in [0.25, 0.3) is 0 Å². The van der Waals surface area contributed by atoms with Crippen LogP contribution in [0.1, 0.15) is 28.7 Å². The molecule has 0 atom stereocenters. The number of carbonyl (C=O) groups is 1. The molecule has 30 heavy (non-hydrogen) atoms. The molecule has 162 valence electrons. The second-order valence-corrected chi connectivity index (χ2v) is 9.79. The number of halogens is 2. The van der Waals surface area contributed by atoms with E-state index in [1.54, 1.807) is 11.3 Å². The minimum atomic E-state index is 0. The summed E-state index contributed by atoms with van der Waals surface area (Å²) in [4.78, 5) is 22.2. The zero-order valence-electron chi connectivity index (χ0n) is 18.2. The van der Waals surface area contributed by atoms with Crippen molar-refractivity contribution in [3.8, 4) is 0 Å². The fourth-order valence-electron chi connectivity index (χ4n) is 3.61. The van der Waals surface area contributed by atoms with E-state index in [9.17, 15) is 4.79 Å². The molecule has 0 bridgehead atoms. The van der Waals surface area contributed by atoms with Crippen molar-refractivity contribution in [2.75, 3.05) is 32.1 Å². The molecular formula is C23H29BrClN3OS. The van der Waals surface area contributed by atoms with Gasteiger partial charge in [0.2, 0.25) is 5.91 Å². The predicted octanol–water partition coefficient (Wildman–Crippen LogP) is 5.93. The Labute approximate surface area is 197 Å². The lowest BCUT2D eigenvalue weighted by Crippen LogP contribution is -2.34. The van der Waals surface area contributed by atoms with E-state index in [2.05, 4.69) is 73.9 Å². The first-order chi connectivity index (χ1) is 13.7. The highest BCUT2D eigenvalue weighted by molar-refractivity contribution is 9.10. The number of hydrogen-bond acceptors (Lipinski definition) is 4. The number of fused-ring (bicyclic) bond motifs is 1. The lowest BCUT2D eigenvalue weighted by Gasteiger charge is -2.22. The Morgan fingerprint density at radius 3 is 2.37 bits per heavy atom. The maximum Gasteiger partial charge on any atom is 0.233 e. The van der Waals surface area contributed by atoms with Gasteiger partial charge in [0.15, 0.2) is 5.13 Å². The summed E-state index contributed by atoms with van der Waals surface area (Å²) in [5, 5.41) is 0.782. The van der Waals surface area contributed by atoms with Gasteiger partial charge in [-0.3, -0.25) is 9.69 Å². The number of rotatable bonds is 7. The van der Waals surface area contributed by atoms with Crippen LogP contribution in [0.25, 0.3) is 10.2 Å². The molecule has 2 aromatic carbocycles. The molecule has 0 fully saturated rings. The van der Waals surface area contributed by atoms with E-state index in [4.69, 9.17) is 4.98 Å². The summed E-state index contributed by atoms with van der Waals surface area (Å²) in [7, 11) is 4.11. The molecule has 0 N–H and O–H groups in total. The molecule has 0 saturated carbocycles. The number of benzene rings is 2. The smallest absolute Gasteiger partial charge is 0.233 e. The molecule has 4 nitrogen and oxygen atoms in total. The highest BCUT2D eigenvalue weighted by Gasteiger charge is 2.21. The average molecular weight is 511 g/mol. The van der Waals surface area contributed by atoms with Gasteiger partial charge < -0.3 is 4.90 Å². The van der Waals surface area contributed by atoms with Crippen LogP contribution in [0.4, 0.5) is 5.13 Å². The highest BCUT2D eigenvalue weighted by atomic mass is 79.9. The van der Waals surface area contributed by atoms with Crippen LogP contribution in [-0.4, -0.2) is 43.0 Å². The standard InChI is InChI=1S/C23H28BrN3OS.ClH/c1-15-11-16(2)19(17(3)12-15)14-22(28)27(10-6-9-26(4)5)23-25-20-8-7-18(24)13-21(20)29-23;/h7-8,11-13H,6,9-10,14H2,1-5H3;1H. The van der Waals surface area contributed by atoms with Crippen molar-refractivity contribution in [1.82, 2.24) is 9.88 Å². The summed E-state index contributed by atoms with van der Waals surface area (Å²) >= 11 is 5.10. The summed E-state index contributed by atoms with van der Waals surface area (Å²) in [6.45, 7) is 7.88. The number of amides is 1. The first-order valence-corrected chi connectivity index (χ1v) is 11.4. The Morgan fingerprint density at radius 1 is 1.07 bits per heavy atom. The predicted molar refractivity (Wildman–Crippen MR) is 134 cm³/mol. The van der Waals surface area contributed by atoms with Crippen molar-refractivity contribution in [3.63, 3.8) is 0 Å². The van der Waals surface area contributed by atoms with Crippen LogP contribution in [0.3, 0.4) is 0 Å². The van der Waals surface area contributed by atoms with Gasteiger partial charge >= 0.3 is 0 Å². The van der Waals surface area contributed by atoms with E-state index in [1.165, 1.54) is 16.7 Å². The molecular weight excluding hydrogens is 482 g/mol. The zero-order valence-corrected chi connectivity index (χ0v) is 21.4. The molecule has 0 unspecified atom stereocenters. The number of hydrogen-bond donors (Lipinski definition) is 0. The summed E-state index contributed by atoms with van der Waals surface area (Å²) < 4.78 is 2.11. The van der Waals surface area contributed by atoms with Crippen LogP contribution in [0.5, 0.6) is 0 Å². The SMILES string of the molecule is Cc1cc(C)c(CC(=O)N(CCCN(C)C)c2nc3ccc(Br)cc3s2)c(C)c1.Cl. The van der Waals surface area contributed by atoms with Gasteiger partial charge in [-0.1, -0.05) is 45.0 Å². The number of aromatic nitrogens is 1. The Morgan fingerprint density at radius 2 is 1.73 bits per heavy atom. The second-order valence-electron chi connectivity index (χ2n) is 7.86. The number of thiazole rings is 1. The molecule has 0 aliphatic carbocycles. The van der Waals surface area contributed by atoms with Gasteiger partial charge in [-0.2, -0.15) is 0 Å². The van der Waals surface area contributed by atoms with Crippen molar-refractivity contribution < 1.29 is 4.79 Å². The molecule has 0 aliphatic heterocycles. The molecule has 0 saturated heterocycles. The van der Waals surface area contributed by atoms with E-state index < -0.39 is 0 Å². The largest absolute Gasteiger partial charge is 0.309 e. The molecule has 3 aromatic rings. The minimum absolute atomic E-state index is 0. The summed E-state index contributed by atoms with van der Waals surface area (Å²) in [6.07, 6.45) is 1.31. The zero-order chi connectivity index (χ0) is 21.1. The van der Waals surface area contributed by atoms with Crippen molar-refractivity contribution in [2.45, 2.75) is 33.6 Å². The lowest BCUT2D eigenvalue weighted by molar-refractivity contribution is -0.118. The van der Waals surface area contributed by atoms with Crippen LogP contribution >= 0.6 is 39.7 Å². The topological polar surface area (TPSA) is 36.4 Å². The Kier molecular flexibility index (Phi) is 8.85. The van der Waals surface area contributed by atoms with Crippen molar-refractivity contribution in [1.29, 1.82) is 0 Å². The van der Waals surface area contributed by atoms with E-state index in [0.29, 0.717) is 13.0 Å². The quantitative estimate of drug-likeness (QED) is 0.395. The van der Waals surface area contributed by atoms with Gasteiger partial charge in [-0.25, -0.2) is 4.98 Å². The molecule has 7 heteroatoms. The van der Waals surface area contributed by atoms with E-state index in [-0.39, 0.29) is 18.3 Å². The van der Waals surface area contributed by atoms with Crippen molar-refractivity contribution >= 4 is 60.9 Å². The van der Waals surface area contributed by atoms with Gasteiger partial charge in [-0.15, -0.1) is 12.4 Å². The third-order valence-electron chi connectivity index (χ3n) is 5.03. The summed E-state index contributed by atoms with van der Waals surface area (Å²) in [6, 6.07) is 10.4. The van der Waals surface area contributed by atoms with Gasteiger partial charge in [-0.05, 0) is 82.7 Å². The van der Waals surface area contributed by atoms with E-state index >= 15 is 0 Å². The fourth-order valence-corrected chi connectivity index (χ4v) is 5.17. The van der Waals surface area contributed by atoms with Crippen LogP contribution in [0.15, 0.2) is 34.8 Å². The first-order valence-electron chi connectivity index (χ1n) is 9.82. The Bertz CT molecular complexity index is 1010. The third kappa shape index (κ3) is 6.03. The average Bonchev–Trinajstić information content (AvgIpc) is 3.03. The number of anilines is 1. The molecule has 0 radical (unpaired) electrons. The monoisotopic (exact) mass is 509 g/mol. The molecule has 0 aliphatic rings. The number of nitrogens with zero attached hydrogens (tertiary/aromatic N) is 3. The van der Waals surface area contributed by atoms with Crippen LogP contribution in [0.2, 0.25) is 0 Å². The maximum absolute atomic E-state index is 13.4. The fraction of sp³-hybridized carbons (Fsp3) is 0.391. The van der Waals surface area contributed by atoms with Crippen LogP contribution < -0.4 is 4.90 Å². The van der Waals surface area contributed by atoms with Crippen LogP contribution in [-0.2, 0) is 11.2 Å². The van der Waals surface area contributed by atoms with Gasteiger partial charge in [0.05, 0.1) is 16.6 Å². The third-order valence-corrected chi connectivity index (χ3v) is 6.56. The molecule has 1 aromatic heterocycles. The normalized spacial score (nSPS) is 11.0. The highest BCUT2D eigenvalue weighted by Crippen LogP contribution is 2.31. The Balaban J connectivity index is 0.00000320. The van der Waals surface area contributed by atoms with Crippen molar-refractivity contribution in [3.05, 3.63) is 57.1 Å². The molecule has 1 amide bonds. The van der Waals surface area contributed by atoms with E-state index in [0.717, 1.165) is 38.3 Å². The molecule has 0 spiro atoms.